The van der Waals surface area contributed by atoms with Crippen LogP contribution in [0.2, 0.25) is 0 Å². The molecule has 0 bridgehead atoms. The molecule has 1 aromatic rings. The first-order chi connectivity index (χ1) is 8.18. The number of nitrogens with one attached hydrogen (secondary N) is 1. The van der Waals surface area contributed by atoms with E-state index in [9.17, 15) is 4.79 Å². The van der Waals surface area contributed by atoms with E-state index in [0.717, 1.165) is 43.2 Å². The van der Waals surface area contributed by atoms with E-state index in [1.54, 1.807) is 5.51 Å². The minimum atomic E-state index is 0.157. The van der Waals surface area contributed by atoms with Crippen LogP contribution in [-0.4, -0.2) is 42.0 Å². The van der Waals surface area contributed by atoms with Gasteiger partial charge in [0.05, 0.1) is 11.2 Å². The van der Waals surface area contributed by atoms with Crippen molar-refractivity contribution in [1.82, 2.24) is 15.2 Å². The normalized spacial score (nSPS) is 16.5. The molecular formula is C12H19N3OS. The topological polar surface area (TPSA) is 45.2 Å². The molecular weight excluding hydrogens is 234 g/mol. The van der Waals surface area contributed by atoms with E-state index in [0.29, 0.717) is 5.92 Å². The van der Waals surface area contributed by atoms with Crippen LogP contribution in [0.5, 0.6) is 0 Å². The number of carbonyl (C=O) groups excluding carboxylic acids is 1. The second kappa shape index (κ2) is 5.60. The molecule has 4 nitrogen and oxygen atoms in total. The van der Waals surface area contributed by atoms with Gasteiger partial charge < -0.3 is 10.2 Å². The van der Waals surface area contributed by atoms with Crippen LogP contribution in [0.3, 0.4) is 0 Å². The number of aromatic nitrogens is 1. The largest absolute Gasteiger partial charge is 0.335 e. The minimum Gasteiger partial charge on any atom is -0.335 e. The molecule has 0 saturated carbocycles. The van der Waals surface area contributed by atoms with Gasteiger partial charge >= 0.3 is 0 Å². The Morgan fingerprint density at radius 2 is 2.24 bits per heavy atom. The minimum absolute atomic E-state index is 0.157. The summed E-state index contributed by atoms with van der Waals surface area (Å²) in [7, 11) is 0. The quantitative estimate of drug-likeness (QED) is 0.885. The van der Waals surface area contributed by atoms with Gasteiger partial charge in [0.25, 0.3) is 5.91 Å². The third-order valence-corrected chi connectivity index (χ3v) is 3.70. The Morgan fingerprint density at radius 1 is 1.53 bits per heavy atom. The Labute approximate surface area is 106 Å². The van der Waals surface area contributed by atoms with Crippen molar-refractivity contribution in [3.8, 4) is 0 Å². The van der Waals surface area contributed by atoms with Gasteiger partial charge in [-0.3, -0.25) is 4.79 Å². The molecule has 1 saturated heterocycles. The molecule has 1 fully saturated rings. The highest BCUT2D eigenvalue weighted by molar-refractivity contribution is 7.11. The zero-order chi connectivity index (χ0) is 12.3. The lowest BCUT2D eigenvalue weighted by Gasteiger charge is -2.27. The lowest BCUT2D eigenvalue weighted by atomic mass is 10.1. The molecule has 1 aliphatic heterocycles. The Morgan fingerprint density at radius 3 is 2.88 bits per heavy atom. The van der Waals surface area contributed by atoms with Gasteiger partial charge in [-0.05, 0) is 12.3 Å². The maximum atomic E-state index is 12.3. The number of piperazine rings is 1. The molecule has 1 N–H and O–H groups in total. The molecule has 1 aromatic heterocycles. The molecule has 94 valence electrons. The van der Waals surface area contributed by atoms with Gasteiger partial charge in [-0.25, -0.2) is 4.98 Å². The summed E-state index contributed by atoms with van der Waals surface area (Å²) in [6, 6.07) is 0. The van der Waals surface area contributed by atoms with Crippen LogP contribution in [0.25, 0.3) is 0 Å². The van der Waals surface area contributed by atoms with Crippen LogP contribution in [0.15, 0.2) is 5.51 Å². The summed E-state index contributed by atoms with van der Waals surface area (Å²) in [4.78, 5) is 19.4. The van der Waals surface area contributed by atoms with Gasteiger partial charge in [0.1, 0.15) is 4.88 Å². The summed E-state index contributed by atoms with van der Waals surface area (Å²) in [6.45, 7) is 7.70. The van der Waals surface area contributed by atoms with E-state index >= 15 is 0 Å². The number of amides is 1. The maximum absolute atomic E-state index is 12.3. The SMILES string of the molecule is CC(C)Cc1ncsc1C(=O)N1CCNCC1. The smallest absolute Gasteiger partial charge is 0.265 e. The van der Waals surface area contributed by atoms with E-state index in [1.165, 1.54) is 11.3 Å². The van der Waals surface area contributed by atoms with E-state index in [1.807, 2.05) is 4.90 Å². The predicted octanol–water partition coefficient (Wildman–Crippen LogP) is 1.39. The fraction of sp³-hybridized carbons (Fsp3) is 0.667. The zero-order valence-electron chi connectivity index (χ0n) is 10.4. The molecule has 0 spiro atoms. The number of thiazole rings is 1. The number of hydrogen-bond donors (Lipinski definition) is 1. The molecule has 0 unspecified atom stereocenters. The third-order valence-electron chi connectivity index (χ3n) is 2.84. The van der Waals surface area contributed by atoms with Crippen molar-refractivity contribution in [2.24, 2.45) is 5.92 Å². The van der Waals surface area contributed by atoms with Gasteiger partial charge in [-0.1, -0.05) is 13.8 Å². The van der Waals surface area contributed by atoms with Crippen LogP contribution in [0.1, 0.15) is 29.2 Å². The van der Waals surface area contributed by atoms with Crippen molar-refractivity contribution in [2.45, 2.75) is 20.3 Å². The van der Waals surface area contributed by atoms with E-state index in [2.05, 4.69) is 24.1 Å². The molecule has 0 aromatic carbocycles. The van der Waals surface area contributed by atoms with Crippen LogP contribution in [0, 0.1) is 5.92 Å². The molecule has 0 aliphatic carbocycles. The molecule has 1 aliphatic rings. The van der Waals surface area contributed by atoms with Crippen molar-refractivity contribution in [3.05, 3.63) is 16.1 Å². The van der Waals surface area contributed by atoms with Crippen molar-refractivity contribution >= 4 is 17.2 Å². The molecule has 5 heteroatoms. The Kier molecular flexibility index (Phi) is 4.12. The number of hydrogen-bond acceptors (Lipinski definition) is 4. The van der Waals surface area contributed by atoms with Crippen LogP contribution in [0.4, 0.5) is 0 Å². The van der Waals surface area contributed by atoms with Gasteiger partial charge in [0.2, 0.25) is 0 Å². The van der Waals surface area contributed by atoms with Gasteiger partial charge in [-0.2, -0.15) is 0 Å². The summed E-state index contributed by atoms with van der Waals surface area (Å²) < 4.78 is 0. The van der Waals surface area contributed by atoms with E-state index < -0.39 is 0 Å². The molecule has 17 heavy (non-hydrogen) atoms. The molecule has 0 atom stereocenters. The highest BCUT2D eigenvalue weighted by Gasteiger charge is 2.22. The van der Waals surface area contributed by atoms with Crippen molar-refractivity contribution in [1.29, 1.82) is 0 Å². The second-order valence-electron chi connectivity index (χ2n) is 4.77. The van der Waals surface area contributed by atoms with Crippen LogP contribution < -0.4 is 5.32 Å². The summed E-state index contributed by atoms with van der Waals surface area (Å²) in [6.07, 6.45) is 0.886. The van der Waals surface area contributed by atoms with Crippen molar-refractivity contribution < 1.29 is 4.79 Å². The highest BCUT2D eigenvalue weighted by Crippen LogP contribution is 2.19. The molecule has 1 amide bonds. The van der Waals surface area contributed by atoms with Gasteiger partial charge in [0.15, 0.2) is 0 Å². The van der Waals surface area contributed by atoms with Crippen LogP contribution in [-0.2, 0) is 6.42 Å². The Hall–Kier alpha value is -0.940. The number of rotatable bonds is 3. The van der Waals surface area contributed by atoms with E-state index in [-0.39, 0.29) is 5.91 Å². The summed E-state index contributed by atoms with van der Waals surface area (Å²) in [5.74, 6) is 0.691. The maximum Gasteiger partial charge on any atom is 0.265 e. The molecule has 2 rings (SSSR count). The lowest BCUT2D eigenvalue weighted by Crippen LogP contribution is -2.46. The standard InChI is InChI=1S/C12H19N3OS/c1-9(2)7-10-11(17-8-14-10)12(16)15-5-3-13-4-6-15/h8-9,13H,3-7H2,1-2H3. The average Bonchev–Trinajstić information content (AvgIpc) is 2.76. The first-order valence-electron chi connectivity index (χ1n) is 6.11. The highest BCUT2D eigenvalue weighted by atomic mass is 32.1. The van der Waals surface area contributed by atoms with Gasteiger partial charge in [-0.15, -0.1) is 11.3 Å². The average molecular weight is 253 g/mol. The fourth-order valence-corrected chi connectivity index (χ4v) is 2.77. The fourth-order valence-electron chi connectivity index (χ4n) is 1.99. The lowest BCUT2D eigenvalue weighted by molar-refractivity contribution is 0.0739. The predicted molar refractivity (Wildman–Crippen MR) is 69.4 cm³/mol. The van der Waals surface area contributed by atoms with Crippen molar-refractivity contribution in [2.75, 3.05) is 26.2 Å². The Bertz CT molecular complexity index is 383. The molecule has 2 heterocycles. The van der Waals surface area contributed by atoms with Crippen molar-refractivity contribution in [3.63, 3.8) is 0 Å². The summed E-state index contributed by atoms with van der Waals surface area (Å²) in [5.41, 5.74) is 2.75. The first kappa shape index (κ1) is 12.5. The Balaban J connectivity index is 2.10. The molecule has 0 radical (unpaired) electrons. The number of carbonyl (C=O) groups is 1. The summed E-state index contributed by atoms with van der Waals surface area (Å²) in [5, 5.41) is 3.26. The van der Waals surface area contributed by atoms with Gasteiger partial charge in [0, 0.05) is 26.2 Å². The first-order valence-corrected chi connectivity index (χ1v) is 6.99. The monoisotopic (exact) mass is 253 g/mol. The third kappa shape index (κ3) is 3.04. The van der Waals surface area contributed by atoms with E-state index in [4.69, 9.17) is 0 Å². The zero-order valence-corrected chi connectivity index (χ0v) is 11.2. The van der Waals surface area contributed by atoms with Crippen LogP contribution >= 0.6 is 11.3 Å². The number of nitrogens with zero attached hydrogens (tertiary/aromatic N) is 2. The second-order valence-corrected chi connectivity index (χ2v) is 5.62. The summed E-state index contributed by atoms with van der Waals surface area (Å²) >= 11 is 1.47.